The van der Waals surface area contributed by atoms with Crippen LogP contribution in [0.2, 0.25) is 0 Å². The number of rotatable bonds is 10. The van der Waals surface area contributed by atoms with Gasteiger partial charge in [-0.2, -0.15) is 8.42 Å². The first-order chi connectivity index (χ1) is 17.3. The Labute approximate surface area is 211 Å². The molecule has 0 bridgehead atoms. The number of nitrogens with zero attached hydrogens (tertiary/aromatic N) is 4. The Morgan fingerprint density at radius 3 is 2.78 bits per heavy atom. The second-order valence-electron chi connectivity index (χ2n) is 8.17. The molecule has 14 heteroatoms. The number of hydrogen-bond acceptors (Lipinski definition) is 10. The number of imidazole rings is 1. The van der Waals surface area contributed by atoms with Crippen molar-refractivity contribution in [1.82, 2.24) is 29.6 Å². The zero-order valence-corrected chi connectivity index (χ0v) is 20.7. The van der Waals surface area contributed by atoms with Gasteiger partial charge in [-0.15, -0.1) is 0 Å². The first-order valence-corrected chi connectivity index (χ1v) is 13.5. The molecule has 3 heterocycles. The summed E-state index contributed by atoms with van der Waals surface area (Å²) in [7, 11) is -3.73. The zero-order valence-electron chi connectivity index (χ0n) is 19.1. The summed E-state index contributed by atoms with van der Waals surface area (Å²) < 4.78 is 31.9. The van der Waals surface area contributed by atoms with Crippen LogP contribution in [-0.4, -0.2) is 53.4 Å². The van der Waals surface area contributed by atoms with Gasteiger partial charge in [0.15, 0.2) is 27.9 Å². The monoisotopic (exact) mass is 528 g/mol. The molecule has 0 radical (unpaired) electrons. The van der Waals surface area contributed by atoms with Crippen LogP contribution in [-0.2, 0) is 23.2 Å². The van der Waals surface area contributed by atoms with E-state index < -0.39 is 10.2 Å². The van der Waals surface area contributed by atoms with E-state index in [0.717, 1.165) is 21.6 Å². The minimum Gasteiger partial charge on any atom is -0.464 e. The molecule has 0 unspecified atom stereocenters. The van der Waals surface area contributed by atoms with Crippen LogP contribution in [0, 0.1) is 0 Å². The highest BCUT2D eigenvalue weighted by molar-refractivity contribution is 7.99. The van der Waals surface area contributed by atoms with E-state index in [1.807, 2.05) is 28.8 Å². The van der Waals surface area contributed by atoms with Crippen LogP contribution in [0.3, 0.4) is 0 Å². The summed E-state index contributed by atoms with van der Waals surface area (Å²) in [5, 5.41) is 8.74. The summed E-state index contributed by atoms with van der Waals surface area (Å²) in [6.07, 6.45) is 4.21. The Hall–Kier alpha value is -3.30. The van der Waals surface area contributed by atoms with E-state index in [1.54, 1.807) is 6.26 Å². The van der Waals surface area contributed by atoms with Gasteiger partial charge in [0.2, 0.25) is 0 Å². The van der Waals surface area contributed by atoms with Gasteiger partial charge in [-0.3, -0.25) is 4.79 Å². The Kier molecular flexibility index (Phi) is 6.77. The van der Waals surface area contributed by atoms with Gasteiger partial charge in [0.05, 0.1) is 6.26 Å². The molecule has 0 saturated carbocycles. The van der Waals surface area contributed by atoms with Gasteiger partial charge in [0, 0.05) is 48.6 Å². The fraction of sp³-hybridized carbons (Fsp3) is 0.273. The van der Waals surface area contributed by atoms with Gasteiger partial charge in [-0.1, -0.05) is 11.8 Å². The van der Waals surface area contributed by atoms with Crippen molar-refractivity contribution in [1.29, 1.82) is 0 Å². The number of nitrogens with one attached hydrogen (secondary N) is 2. The molecular weight excluding hydrogens is 504 g/mol. The van der Waals surface area contributed by atoms with Gasteiger partial charge < -0.3 is 20.0 Å². The topological polar surface area (TPSA) is 184 Å². The molecule has 5 rings (SSSR count). The number of nitrogen functional groups attached to an aromatic ring is 1. The lowest BCUT2D eigenvalue weighted by Gasteiger charge is -2.12. The molecule has 0 aliphatic heterocycles. The van der Waals surface area contributed by atoms with Crippen LogP contribution in [0.25, 0.3) is 22.5 Å². The SMILES string of the molecule is Nc1ncnc2c1nc(Sc1cc3c(cc1-c1ccco1)CCC3=O)n2CCNCCNS(N)(=O)=O. The molecule has 0 spiro atoms. The molecule has 3 aromatic heterocycles. The number of benzene rings is 1. The average Bonchev–Trinajstić information content (AvgIpc) is 3.56. The van der Waals surface area contributed by atoms with Crippen LogP contribution >= 0.6 is 11.8 Å². The number of fused-ring (bicyclic) bond motifs is 2. The smallest absolute Gasteiger partial charge is 0.274 e. The molecule has 1 aliphatic carbocycles. The summed E-state index contributed by atoms with van der Waals surface area (Å²) in [6, 6.07) is 7.63. The number of carbonyl (C=O) groups excluding carboxylic acids is 1. The van der Waals surface area contributed by atoms with Crippen molar-refractivity contribution in [3.05, 3.63) is 48.0 Å². The molecule has 6 N–H and O–H groups in total. The highest BCUT2D eigenvalue weighted by Gasteiger charge is 2.25. The van der Waals surface area contributed by atoms with Crippen molar-refractivity contribution in [3.8, 4) is 11.3 Å². The molecule has 1 aromatic carbocycles. The predicted molar refractivity (Wildman–Crippen MR) is 135 cm³/mol. The predicted octanol–water partition coefficient (Wildman–Crippen LogP) is 1.33. The Balaban J connectivity index is 1.46. The van der Waals surface area contributed by atoms with Gasteiger partial charge in [-0.25, -0.2) is 24.8 Å². The largest absolute Gasteiger partial charge is 0.464 e. The third kappa shape index (κ3) is 5.12. The van der Waals surface area contributed by atoms with Gasteiger partial charge >= 0.3 is 0 Å². The fourth-order valence-corrected chi connectivity index (χ4v) is 5.55. The molecule has 12 nitrogen and oxygen atoms in total. The number of aryl methyl sites for hydroxylation is 1. The van der Waals surface area contributed by atoms with Crippen molar-refractivity contribution in [2.45, 2.75) is 29.4 Å². The van der Waals surface area contributed by atoms with Crippen LogP contribution in [0.1, 0.15) is 22.3 Å². The molecule has 4 aromatic rings. The van der Waals surface area contributed by atoms with Crippen molar-refractivity contribution in [2.75, 3.05) is 25.4 Å². The van der Waals surface area contributed by atoms with E-state index in [4.69, 9.17) is 20.3 Å². The molecule has 0 saturated heterocycles. The Morgan fingerprint density at radius 1 is 1.14 bits per heavy atom. The third-order valence-corrected chi connectivity index (χ3v) is 7.42. The summed E-state index contributed by atoms with van der Waals surface area (Å²) in [5.41, 5.74) is 9.74. The summed E-state index contributed by atoms with van der Waals surface area (Å²) in [5.74, 6) is 1.09. The normalized spacial score (nSPS) is 13.5. The van der Waals surface area contributed by atoms with E-state index in [2.05, 4.69) is 20.0 Å². The number of carbonyl (C=O) groups is 1. The molecule has 0 amide bonds. The van der Waals surface area contributed by atoms with Crippen molar-refractivity contribution in [3.63, 3.8) is 0 Å². The standard InChI is InChI=1S/C22H24N8O4S2/c23-20-19-21(27-12-26-20)30(8-7-25-5-6-28-36(24,32)33)22(29-19)35-18-11-14-13(3-4-16(14)31)10-15(18)17-2-1-9-34-17/h1-2,9-12,25,28H,3-8H2,(H2,23,26,27)(H2,24,32,33). The highest BCUT2D eigenvalue weighted by atomic mass is 32.2. The fourth-order valence-electron chi connectivity index (χ4n) is 4.09. The molecule has 188 valence electrons. The van der Waals surface area contributed by atoms with Crippen LogP contribution in [0.5, 0.6) is 0 Å². The number of furan rings is 1. The van der Waals surface area contributed by atoms with E-state index in [0.29, 0.717) is 54.6 Å². The van der Waals surface area contributed by atoms with Crippen molar-refractivity contribution >= 4 is 44.7 Å². The van der Waals surface area contributed by atoms with E-state index in [1.165, 1.54) is 18.1 Å². The lowest BCUT2D eigenvalue weighted by Crippen LogP contribution is -2.36. The molecule has 0 atom stereocenters. The van der Waals surface area contributed by atoms with E-state index in [9.17, 15) is 13.2 Å². The van der Waals surface area contributed by atoms with Gasteiger partial charge in [0.1, 0.15) is 12.1 Å². The average molecular weight is 529 g/mol. The number of ketones is 1. The van der Waals surface area contributed by atoms with Crippen LogP contribution in [0.4, 0.5) is 5.82 Å². The summed E-state index contributed by atoms with van der Waals surface area (Å²) in [4.78, 5) is 26.4. The van der Waals surface area contributed by atoms with Gasteiger partial charge in [-0.05, 0) is 36.2 Å². The van der Waals surface area contributed by atoms with Gasteiger partial charge in [0.25, 0.3) is 10.2 Å². The second-order valence-corrected chi connectivity index (χ2v) is 10.6. The lowest BCUT2D eigenvalue weighted by molar-refractivity contribution is 0.0994. The number of hydrogen-bond donors (Lipinski definition) is 4. The van der Waals surface area contributed by atoms with E-state index in [-0.39, 0.29) is 18.1 Å². The number of nitrogens with two attached hydrogens (primary N) is 2. The maximum Gasteiger partial charge on any atom is 0.274 e. The molecule has 1 aliphatic rings. The quantitative estimate of drug-likeness (QED) is 0.219. The Morgan fingerprint density at radius 2 is 2.00 bits per heavy atom. The molecular formula is C22H24N8O4S2. The summed E-state index contributed by atoms with van der Waals surface area (Å²) in [6.45, 7) is 1.53. The zero-order chi connectivity index (χ0) is 25.3. The Bertz CT molecular complexity index is 1530. The molecule has 0 fully saturated rings. The first kappa shape index (κ1) is 24.4. The first-order valence-electron chi connectivity index (χ1n) is 11.2. The molecule has 36 heavy (non-hydrogen) atoms. The second kappa shape index (κ2) is 9.99. The van der Waals surface area contributed by atoms with Crippen LogP contribution in [0.15, 0.2) is 51.3 Å². The minimum atomic E-state index is -3.73. The van der Waals surface area contributed by atoms with Crippen molar-refractivity contribution in [2.24, 2.45) is 5.14 Å². The van der Waals surface area contributed by atoms with E-state index >= 15 is 0 Å². The number of Topliss-reactive ketones (excluding diaryl/α,β-unsaturated/α-hetero) is 1. The third-order valence-electron chi connectivity index (χ3n) is 5.76. The highest BCUT2D eigenvalue weighted by Crippen LogP contribution is 2.40. The van der Waals surface area contributed by atoms with Crippen LogP contribution < -0.4 is 20.9 Å². The maximum absolute atomic E-state index is 12.5. The van der Waals surface area contributed by atoms with Crippen molar-refractivity contribution < 1.29 is 17.6 Å². The summed E-state index contributed by atoms with van der Waals surface area (Å²) >= 11 is 1.39. The maximum atomic E-state index is 12.5. The number of aromatic nitrogens is 4. The minimum absolute atomic E-state index is 0.124. The number of anilines is 1. The lowest BCUT2D eigenvalue weighted by atomic mass is 10.0.